The van der Waals surface area contributed by atoms with Gasteiger partial charge in [0.15, 0.2) is 5.79 Å². The van der Waals surface area contributed by atoms with E-state index in [9.17, 15) is 9.90 Å². The van der Waals surface area contributed by atoms with Crippen LogP contribution in [-0.4, -0.2) is 42.3 Å². The average molecular weight is 332 g/mol. The van der Waals surface area contributed by atoms with Crippen LogP contribution in [-0.2, 0) is 15.9 Å². The highest BCUT2D eigenvalue weighted by Crippen LogP contribution is 2.36. The van der Waals surface area contributed by atoms with Crippen molar-refractivity contribution >= 4 is 6.03 Å². The quantitative estimate of drug-likeness (QED) is 0.769. The predicted molar refractivity (Wildman–Crippen MR) is 87.5 cm³/mol. The molecule has 1 aromatic carbocycles. The predicted octanol–water partition coefficient (Wildman–Crippen LogP) is 1.63. The Hall–Kier alpha value is -1.63. The van der Waals surface area contributed by atoms with Crippen LogP contribution >= 0.6 is 0 Å². The minimum atomic E-state index is -0.567. The fraction of sp³-hybridized carbons (Fsp3) is 0.611. The molecule has 1 aliphatic heterocycles. The molecule has 0 radical (unpaired) electrons. The third kappa shape index (κ3) is 3.01. The molecule has 6 nitrogen and oxygen atoms in total. The number of carbonyl (C=O) groups excluding carboxylic acids is 1. The average Bonchev–Trinajstić information content (AvgIpc) is 3.16. The molecular weight excluding hydrogens is 308 g/mol. The first-order chi connectivity index (χ1) is 11.7. The normalized spacial score (nSPS) is 28.7. The molecular formula is C18H24N2O4. The number of rotatable bonds is 2. The molecule has 1 heterocycles. The Labute approximate surface area is 141 Å². The fourth-order valence-corrected chi connectivity index (χ4v) is 4.10. The number of carbonyl (C=O) groups is 1. The molecule has 6 heteroatoms. The number of nitrogens with one attached hydrogen (secondary N) is 2. The molecule has 24 heavy (non-hydrogen) atoms. The maximum atomic E-state index is 12.3. The largest absolute Gasteiger partial charge is 0.390 e. The van der Waals surface area contributed by atoms with E-state index in [0.717, 1.165) is 36.8 Å². The van der Waals surface area contributed by atoms with E-state index in [2.05, 4.69) is 10.6 Å². The van der Waals surface area contributed by atoms with Crippen molar-refractivity contribution in [2.75, 3.05) is 13.2 Å². The molecule has 3 aliphatic rings. The fourth-order valence-electron chi connectivity index (χ4n) is 4.10. The Balaban J connectivity index is 1.31. The number of fused-ring (bicyclic) bond motifs is 1. The Morgan fingerprint density at radius 1 is 1.12 bits per heavy atom. The lowest BCUT2D eigenvalue weighted by molar-refractivity contribution is -0.179. The first-order valence-corrected chi connectivity index (χ1v) is 8.76. The van der Waals surface area contributed by atoms with E-state index in [-0.39, 0.29) is 18.1 Å². The van der Waals surface area contributed by atoms with Gasteiger partial charge in [0, 0.05) is 25.3 Å². The van der Waals surface area contributed by atoms with Crippen LogP contribution in [0.15, 0.2) is 24.3 Å². The Morgan fingerprint density at radius 2 is 1.83 bits per heavy atom. The summed E-state index contributed by atoms with van der Waals surface area (Å²) in [7, 11) is 0. The van der Waals surface area contributed by atoms with Crippen LogP contribution in [0.5, 0.6) is 0 Å². The maximum Gasteiger partial charge on any atom is 0.315 e. The van der Waals surface area contributed by atoms with Crippen LogP contribution in [0, 0.1) is 0 Å². The number of ether oxygens (including phenoxy) is 2. The van der Waals surface area contributed by atoms with Crippen LogP contribution in [0.4, 0.5) is 4.79 Å². The molecule has 1 saturated carbocycles. The van der Waals surface area contributed by atoms with Crippen LogP contribution in [0.2, 0.25) is 0 Å². The molecule has 1 aromatic rings. The van der Waals surface area contributed by atoms with Gasteiger partial charge < -0.3 is 25.2 Å². The molecule has 0 bridgehead atoms. The molecule has 130 valence electrons. The van der Waals surface area contributed by atoms with E-state index in [4.69, 9.17) is 9.47 Å². The van der Waals surface area contributed by atoms with Crippen LogP contribution in [0.25, 0.3) is 0 Å². The van der Waals surface area contributed by atoms with Gasteiger partial charge in [-0.1, -0.05) is 24.3 Å². The summed E-state index contributed by atoms with van der Waals surface area (Å²) in [6, 6.07) is 7.43. The van der Waals surface area contributed by atoms with Crippen molar-refractivity contribution in [1.82, 2.24) is 10.6 Å². The van der Waals surface area contributed by atoms with E-state index in [1.807, 2.05) is 24.3 Å². The van der Waals surface area contributed by atoms with Gasteiger partial charge in [0.25, 0.3) is 0 Å². The lowest BCUT2D eigenvalue weighted by Gasteiger charge is -2.35. The van der Waals surface area contributed by atoms with Gasteiger partial charge in [-0.15, -0.1) is 0 Å². The third-order valence-electron chi connectivity index (χ3n) is 5.39. The second-order valence-electron chi connectivity index (χ2n) is 6.95. The smallest absolute Gasteiger partial charge is 0.315 e. The second kappa shape index (κ2) is 6.35. The summed E-state index contributed by atoms with van der Waals surface area (Å²) in [4.78, 5) is 12.3. The van der Waals surface area contributed by atoms with Crippen molar-refractivity contribution in [3.8, 4) is 0 Å². The van der Waals surface area contributed by atoms with Crippen molar-refractivity contribution in [3.05, 3.63) is 35.4 Å². The highest BCUT2D eigenvalue weighted by atomic mass is 16.7. The van der Waals surface area contributed by atoms with Crippen molar-refractivity contribution in [1.29, 1.82) is 0 Å². The van der Waals surface area contributed by atoms with E-state index >= 15 is 0 Å². The number of benzene rings is 1. The molecule has 1 spiro atoms. The first-order valence-electron chi connectivity index (χ1n) is 8.76. The number of hydrogen-bond donors (Lipinski definition) is 3. The van der Waals surface area contributed by atoms with Crippen LogP contribution < -0.4 is 10.6 Å². The summed E-state index contributed by atoms with van der Waals surface area (Å²) in [6.45, 7) is 1.33. The molecule has 0 unspecified atom stereocenters. The second-order valence-corrected chi connectivity index (χ2v) is 6.95. The molecule has 4 rings (SSSR count). The van der Waals surface area contributed by atoms with Gasteiger partial charge in [0.05, 0.1) is 25.4 Å². The Kier molecular flexibility index (Phi) is 4.20. The number of urea groups is 1. The minimum absolute atomic E-state index is 0.122. The summed E-state index contributed by atoms with van der Waals surface area (Å²) in [5.41, 5.74) is 2.11. The van der Waals surface area contributed by atoms with E-state index in [1.165, 1.54) is 0 Å². The van der Waals surface area contributed by atoms with Gasteiger partial charge >= 0.3 is 6.03 Å². The summed E-state index contributed by atoms with van der Waals surface area (Å²) in [5, 5.41) is 16.2. The van der Waals surface area contributed by atoms with Gasteiger partial charge in [-0.3, -0.25) is 0 Å². The molecule has 3 N–H and O–H groups in total. The Bertz CT molecular complexity index is 605. The molecule has 2 amide bonds. The highest BCUT2D eigenvalue weighted by Gasteiger charge is 2.41. The number of aliphatic hydroxyl groups is 1. The highest BCUT2D eigenvalue weighted by molar-refractivity contribution is 5.75. The van der Waals surface area contributed by atoms with Crippen molar-refractivity contribution in [2.24, 2.45) is 0 Å². The Morgan fingerprint density at radius 3 is 2.58 bits per heavy atom. The SMILES string of the molecule is O=C(NC1CCC2(CC1)OCCO2)N[C@@H]1c2ccccc2C[C@@H]1O. The topological polar surface area (TPSA) is 79.8 Å². The zero-order chi connectivity index (χ0) is 16.6. The van der Waals surface area contributed by atoms with E-state index in [1.54, 1.807) is 0 Å². The zero-order valence-corrected chi connectivity index (χ0v) is 13.7. The molecule has 2 fully saturated rings. The number of aliphatic hydroxyl groups excluding tert-OH is 1. The van der Waals surface area contributed by atoms with Crippen molar-refractivity contribution in [2.45, 2.75) is 56.1 Å². The summed E-state index contributed by atoms with van der Waals surface area (Å²) in [6.07, 6.45) is 3.33. The van der Waals surface area contributed by atoms with Crippen LogP contribution in [0.3, 0.4) is 0 Å². The van der Waals surface area contributed by atoms with Gasteiger partial charge in [0.2, 0.25) is 0 Å². The number of hydrogen-bond acceptors (Lipinski definition) is 4. The monoisotopic (exact) mass is 332 g/mol. The first kappa shape index (κ1) is 15.9. The van der Waals surface area contributed by atoms with E-state index < -0.39 is 11.9 Å². The zero-order valence-electron chi connectivity index (χ0n) is 13.7. The van der Waals surface area contributed by atoms with E-state index in [0.29, 0.717) is 19.6 Å². The minimum Gasteiger partial charge on any atom is -0.390 e. The molecule has 2 atom stereocenters. The van der Waals surface area contributed by atoms with Gasteiger partial charge in [-0.05, 0) is 24.0 Å². The third-order valence-corrected chi connectivity index (χ3v) is 5.39. The summed E-state index contributed by atoms with van der Waals surface area (Å²) >= 11 is 0. The summed E-state index contributed by atoms with van der Waals surface area (Å²) in [5.74, 6) is -0.407. The molecule has 0 aromatic heterocycles. The van der Waals surface area contributed by atoms with Crippen molar-refractivity contribution < 1.29 is 19.4 Å². The number of amides is 2. The summed E-state index contributed by atoms with van der Waals surface area (Å²) < 4.78 is 11.4. The van der Waals surface area contributed by atoms with Crippen molar-refractivity contribution in [3.63, 3.8) is 0 Å². The lowest BCUT2D eigenvalue weighted by Crippen LogP contribution is -2.48. The standard InChI is InChI=1S/C18H24N2O4/c21-15-11-12-3-1-2-4-14(12)16(15)20-17(22)19-13-5-7-18(8-6-13)23-9-10-24-18/h1-4,13,15-16,21H,5-11H2,(H2,19,20,22)/t15-,16+/m0/s1. The van der Waals surface area contributed by atoms with Gasteiger partial charge in [-0.2, -0.15) is 0 Å². The lowest BCUT2D eigenvalue weighted by atomic mass is 9.90. The van der Waals surface area contributed by atoms with Crippen LogP contribution in [0.1, 0.15) is 42.9 Å². The maximum absolute atomic E-state index is 12.3. The molecule has 1 saturated heterocycles. The molecule has 2 aliphatic carbocycles. The van der Waals surface area contributed by atoms with Gasteiger partial charge in [-0.25, -0.2) is 4.79 Å². The van der Waals surface area contributed by atoms with Gasteiger partial charge in [0.1, 0.15) is 0 Å².